The number of nitrogens with one attached hydrogen (secondary N) is 2. The van der Waals surface area contributed by atoms with Crippen molar-refractivity contribution in [2.24, 2.45) is 11.8 Å². The Morgan fingerprint density at radius 3 is 2.37 bits per heavy atom. The summed E-state index contributed by atoms with van der Waals surface area (Å²) in [5.41, 5.74) is 1.88. The Hall–Kier alpha value is -4.44. The molecule has 10 heteroatoms. The second kappa shape index (κ2) is 13.2. The van der Waals surface area contributed by atoms with Crippen molar-refractivity contribution in [1.82, 2.24) is 15.1 Å². The Kier molecular flexibility index (Phi) is 9.25. The van der Waals surface area contributed by atoms with Crippen molar-refractivity contribution >= 4 is 23.6 Å². The van der Waals surface area contributed by atoms with Gasteiger partial charge in [0.05, 0.1) is 11.3 Å². The molecular weight excluding hydrogens is 551 g/mol. The third-order valence-electron chi connectivity index (χ3n) is 8.62. The molecule has 2 aliphatic heterocycles. The number of ether oxygens (including phenoxy) is 1. The largest absolute Gasteiger partial charge is 0.465 e. The van der Waals surface area contributed by atoms with Gasteiger partial charge >= 0.3 is 6.09 Å². The van der Waals surface area contributed by atoms with E-state index in [1.165, 1.54) is 34.7 Å². The first-order chi connectivity index (χ1) is 20.7. The second-order valence-corrected chi connectivity index (χ2v) is 11.4. The number of benzene rings is 3. The van der Waals surface area contributed by atoms with Gasteiger partial charge < -0.3 is 25.4 Å². The molecular formula is C33H37FN4O5. The molecule has 5 rings (SSSR count). The molecule has 9 nitrogen and oxygen atoms in total. The summed E-state index contributed by atoms with van der Waals surface area (Å²) in [5, 5.41) is 15.3. The lowest BCUT2D eigenvalue weighted by Gasteiger charge is -2.42. The quantitative estimate of drug-likeness (QED) is 0.301. The third kappa shape index (κ3) is 7.32. The van der Waals surface area contributed by atoms with Crippen LogP contribution >= 0.6 is 0 Å². The summed E-state index contributed by atoms with van der Waals surface area (Å²) in [7, 11) is 0. The molecule has 0 saturated carbocycles. The summed E-state index contributed by atoms with van der Waals surface area (Å²) in [5.74, 6) is -0.511. The fourth-order valence-corrected chi connectivity index (χ4v) is 6.13. The molecule has 0 radical (unpaired) electrons. The number of carboxylic acid groups (broad SMARTS) is 1. The zero-order valence-electron chi connectivity index (χ0n) is 24.3. The van der Waals surface area contributed by atoms with Crippen LogP contribution in [0.25, 0.3) is 0 Å². The molecule has 3 unspecified atom stereocenters. The van der Waals surface area contributed by atoms with Crippen LogP contribution in [0.4, 0.5) is 14.9 Å². The molecule has 3 atom stereocenters. The van der Waals surface area contributed by atoms with Crippen LogP contribution in [0.3, 0.4) is 0 Å². The molecule has 3 aromatic rings. The van der Waals surface area contributed by atoms with Crippen LogP contribution in [-0.2, 0) is 11.3 Å². The topological polar surface area (TPSA) is 111 Å². The first-order valence-electron chi connectivity index (χ1n) is 14.6. The van der Waals surface area contributed by atoms with Crippen LogP contribution in [0.5, 0.6) is 11.5 Å². The number of piperidine rings is 1. The Bertz CT molecular complexity index is 1440. The standard InChI is InChI=1S/C33H37FN4O5/c1-21(31(36-33(41)42)24-14-16-37(17-15-24)19-23-6-4-3-5-7-23)22(2)38-20-30(39)35-29-13-12-27(18-28(29)32(38)40)43-26-10-8-25(34)9-11-26/h3-13,18,21-22,24,31,36H,14-17,19-20H2,1-2H3,(H,35,39)(H,41,42). The summed E-state index contributed by atoms with van der Waals surface area (Å²) in [4.78, 5) is 42.6. The number of rotatable bonds is 9. The molecule has 1 saturated heterocycles. The molecule has 2 aliphatic rings. The van der Waals surface area contributed by atoms with Gasteiger partial charge in [-0.05, 0) is 92.7 Å². The molecule has 1 fully saturated rings. The summed E-state index contributed by atoms with van der Waals surface area (Å²) in [6.45, 7) is 6.16. The maximum absolute atomic E-state index is 13.9. The van der Waals surface area contributed by atoms with E-state index in [0.29, 0.717) is 17.2 Å². The normalized spacial score (nSPS) is 18.2. The lowest BCUT2D eigenvalue weighted by atomic mass is 9.79. The van der Waals surface area contributed by atoms with E-state index in [-0.39, 0.29) is 41.6 Å². The molecule has 0 spiro atoms. The number of carbonyl (C=O) groups excluding carboxylic acids is 2. The van der Waals surface area contributed by atoms with E-state index in [4.69, 9.17) is 4.74 Å². The number of nitrogens with zero attached hydrogens (tertiary/aromatic N) is 2. The number of anilines is 1. The predicted molar refractivity (Wildman–Crippen MR) is 161 cm³/mol. The SMILES string of the molecule is CC(C(NC(=O)O)C1CCN(Cc2ccccc2)CC1)C(C)N1CC(=O)Nc2ccc(Oc3ccc(F)cc3)cc2C1=O. The average Bonchev–Trinajstić information content (AvgIpc) is 3.12. The minimum Gasteiger partial charge on any atom is -0.465 e. The van der Waals surface area contributed by atoms with Gasteiger partial charge in [-0.2, -0.15) is 0 Å². The molecule has 0 aliphatic carbocycles. The van der Waals surface area contributed by atoms with Crippen molar-refractivity contribution in [2.45, 2.75) is 45.3 Å². The highest BCUT2D eigenvalue weighted by atomic mass is 19.1. The summed E-state index contributed by atoms with van der Waals surface area (Å²) in [6.07, 6.45) is 0.524. The van der Waals surface area contributed by atoms with Crippen molar-refractivity contribution in [2.75, 3.05) is 25.0 Å². The van der Waals surface area contributed by atoms with Crippen LogP contribution in [0.1, 0.15) is 42.6 Å². The van der Waals surface area contributed by atoms with E-state index in [9.17, 15) is 23.9 Å². The maximum atomic E-state index is 13.9. The summed E-state index contributed by atoms with van der Waals surface area (Å²) in [6, 6.07) is 19.8. The minimum absolute atomic E-state index is 0.0829. The number of hydrogen-bond donors (Lipinski definition) is 3. The van der Waals surface area contributed by atoms with Crippen LogP contribution < -0.4 is 15.4 Å². The van der Waals surface area contributed by atoms with Gasteiger partial charge in [-0.3, -0.25) is 14.5 Å². The summed E-state index contributed by atoms with van der Waals surface area (Å²) < 4.78 is 19.2. The van der Waals surface area contributed by atoms with Crippen molar-refractivity contribution in [3.05, 3.63) is 89.7 Å². The number of fused-ring (bicyclic) bond motifs is 1. The molecule has 0 bridgehead atoms. The molecule has 0 aromatic heterocycles. The summed E-state index contributed by atoms with van der Waals surface area (Å²) >= 11 is 0. The Labute approximate surface area is 250 Å². The Morgan fingerprint density at radius 1 is 1.02 bits per heavy atom. The molecule has 3 amide bonds. The van der Waals surface area contributed by atoms with E-state index in [2.05, 4.69) is 27.7 Å². The van der Waals surface area contributed by atoms with Crippen LogP contribution in [0.2, 0.25) is 0 Å². The maximum Gasteiger partial charge on any atom is 0.404 e. The lowest BCUT2D eigenvalue weighted by Crippen LogP contribution is -2.54. The molecule has 3 N–H and O–H groups in total. The van der Waals surface area contributed by atoms with Crippen molar-refractivity contribution in [3.63, 3.8) is 0 Å². The third-order valence-corrected chi connectivity index (χ3v) is 8.62. The predicted octanol–water partition coefficient (Wildman–Crippen LogP) is 5.59. The second-order valence-electron chi connectivity index (χ2n) is 11.4. The monoisotopic (exact) mass is 588 g/mol. The van der Waals surface area contributed by atoms with Gasteiger partial charge in [0.25, 0.3) is 5.91 Å². The highest BCUT2D eigenvalue weighted by Crippen LogP contribution is 2.33. The average molecular weight is 589 g/mol. The van der Waals surface area contributed by atoms with Crippen LogP contribution in [0.15, 0.2) is 72.8 Å². The molecule has 43 heavy (non-hydrogen) atoms. The van der Waals surface area contributed by atoms with Gasteiger partial charge in [0, 0.05) is 18.6 Å². The van der Waals surface area contributed by atoms with Crippen molar-refractivity contribution in [1.29, 1.82) is 0 Å². The Morgan fingerprint density at radius 2 is 1.70 bits per heavy atom. The van der Waals surface area contributed by atoms with E-state index >= 15 is 0 Å². The van der Waals surface area contributed by atoms with Gasteiger partial charge in [-0.1, -0.05) is 37.3 Å². The Balaban J connectivity index is 1.31. The fraction of sp³-hybridized carbons (Fsp3) is 0.364. The number of halogens is 1. The fourth-order valence-electron chi connectivity index (χ4n) is 6.13. The zero-order chi connectivity index (χ0) is 30.5. The molecule has 226 valence electrons. The molecule has 2 heterocycles. The number of carbonyl (C=O) groups is 3. The van der Waals surface area contributed by atoms with Gasteiger partial charge in [-0.15, -0.1) is 0 Å². The molecule has 3 aromatic carbocycles. The van der Waals surface area contributed by atoms with Crippen molar-refractivity contribution < 1.29 is 28.6 Å². The van der Waals surface area contributed by atoms with Crippen molar-refractivity contribution in [3.8, 4) is 11.5 Å². The highest BCUT2D eigenvalue weighted by Gasteiger charge is 2.39. The van der Waals surface area contributed by atoms with E-state index < -0.39 is 18.2 Å². The van der Waals surface area contributed by atoms with Gasteiger partial charge in [0.1, 0.15) is 23.9 Å². The number of likely N-dealkylation sites (tertiary alicyclic amines) is 1. The van der Waals surface area contributed by atoms with Crippen LogP contribution in [-0.4, -0.2) is 64.5 Å². The number of amides is 3. The zero-order valence-corrected chi connectivity index (χ0v) is 24.3. The first kappa shape index (κ1) is 30.0. The lowest BCUT2D eigenvalue weighted by molar-refractivity contribution is -0.117. The first-order valence-corrected chi connectivity index (χ1v) is 14.6. The smallest absolute Gasteiger partial charge is 0.404 e. The van der Waals surface area contributed by atoms with E-state index in [1.807, 2.05) is 32.0 Å². The van der Waals surface area contributed by atoms with Crippen LogP contribution in [0, 0.1) is 17.7 Å². The highest BCUT2D eigenvalue weighted by molar-refractivity contribution is 6.08. The van der Waals surface area contributed by atoms with Gasteiger partial charge in [-0.25, -0.2) is 9.18 Å². The van der Waals surface area contributed by atoms with E-state index in [0.717, 1.165) is 32.5 Å². The van der Waals surface area contributed by atoms with E-state index in [1.54, 1.807) is 18.2 Å². The van der Waals surface area contributed by atoms with Gasteiger partial charge in [0.15, 0.2) is 0 Å². The minimum atomic E-state index is -1.11. The van der Waals surface area contributed by atoms with Gasteiger partial charge in [0.2, 0.25) is 5.91 Å². The number of hydrogen-bond acceptors (Lipinski definition) is 5.